The average molecular weight is 351 g/mol. The molecule has 0 aliphatic carbocycles. The zero-order chi connectivity index (χ0) is 18.7. The molecule has 1 aromatic carbocycles. The quantitative estimate of drug-likeness (QED) is 0.743. The van der Waals surface area contributed by atoms with Gasteiger partial charge in [0.2, 0.25) is 5.91 Å². The third-order valence-electron chi connectivity index (χ3n) is 4.81. The van der Waals surface area contributed by atoms with E-state index in [2.05, 4.69) is 15.4 Å². The van der Waals surface area contributed by atoms with E-state index in [4.69, 9.17) is 0 Å². The van der Waals surface area contributed by atoms with Crippen LogP contribution in [0.1, 0.15) is 34.8 Å². The van der Waals surface area contributed by atoms with Crippen LogP contribution in [-0.2, 0) is 24.8 Å². The highest BCUT2D eigenvalue weighted by Gasteiger charge is 2.12. The van der Waals surface area contributed by atoms with Crippen LogP contribution in [0.15, 0.2) is 36.7 Å². The Kier molecular flexibility index (Phi) is 5.21. The zero-order valence-electron chi connectivity index (χ0n) is 15.8. The first kappa shape index (κ1) is 17.9. The number of amides is 1. The lowest BCUT2D eigenvalue weighted by molar-refractivity contribution is -0.121. The van der Waals surface area contributed by atoms with Crippen LogP contribution in [0.4, 0.5) is 0 Å². The zero-order valence-corrected chi connectivity index (χ0v) is 15.8. The van der Waals surface area contributed by atoms with Gasteiger partial charge in [0.15, 0.2) is 0 Å². The molecule has 0 fully saturated rings. The number of benzene rings is 1. The molecular formula is C20H25N5O. The minimum absolute atomic E-state index is 0.0461. The number of para-hydroxylation sites is 1. The lowest BCUT2D eigenvalue weighted by atomic mass is 10.1. The lowest BCUT2D eigenvalue weighted by Gasteiger charge is -2.12. The van der Waals surface area contributed by atoms with Crippen molar-refractivity contribution in [3.63, 3.8) is 0 Å². The van der Waals surface area contributed by atoms with Gasteiger partial charge in [0.1, 0.15) is 5.82 Å². The Morgan fingerprint density at radius 1 is 1.19 bits per heavy atom. The van der Waals surface area contributed by atoms with E-state index in [9.17, 15) is 4.79 Å². The molecule has 26 heavy (non-hydrogen) atoms. The molecule has 3 aromatic rings. The van der Waals surface area contributed by atoms with Gasteiger partial charge in [-0.25, -0.2) is 4.98 Å². The first-order valence-electron chi connectivity index (χ1n) is 8.81. The molecule has 0 saturated heterocycles. The second-order valence-electron chi connectivity index (χ2n) is 6.52. The van der Waals surface area contributed by atoms with Crippen LogP contribution in [0.2, 0.25) is 0 Å². The third kappa shape index (κ3) is 3.69. The molecule has 1 amide bonds. The largest absolute Gasteiger partial charge is 0.352 e. The smallest absolute Gasteiger partial charge is 0.220 e. The minimum Gasteiger partial charge on any atom is -0.352 e. The molecule has 0 saturated carbocycles. The van der Waals surface area contributed by atoms with Crippen molar-refractivity contribution in [1.82, 2.24) is 24.6 Å². The normalized spacial score (nSPS) is 10.9. The van der Waals surface area contributed by atoms with Crippen LogP contribution in [-0.4, -0.2) is 25.2 Å². The highest BCUT2D eigenvalue weighted by Crippen LogP contribution is 2.17. The maximum absolute atomic E-state index is 12.3. The van der Waals surface area contributed by atoms with Gasteiger partial charge in [-0.1, -0.05) is 18.2 Å². The van der Waals surface area contributed by atoms with Gasteiger partial charge in [-0.2, -0.15) is 5.10 Å². The van der Waals surface area contributed by atoms with E-state index in [-0.39, 0.29) is 5.91 Å². The van der Waals surface area contributed by atoms with E-state index in [1.165, 1.54) is 0 Å². The van der Waals surface area contributed by atoms with Gasteiger partial charge in [0.05, 0.1) is 11.4 Å². The van der Waals surface area contributed by atoms with Gasteiger partial charge in [-0.05, 0) is 44.4 Å². The number of carbonyl (C=O) groups is 1. The molecule has 136 valence electrons. The summed E-state index contributed by atoms with van der Waals surface area (Å²) in [6.07, 6.45) is 4.88. The summed E-state index contributed by atoms with van der Waals surface area (Å²) >= 11 is 0. The topological polar surface area (TPSA) is 64.7 Å². The first-order chi connectivity index (χ1) is 12.5. The molecule has 0 unspecified atom stereocenters. The number of nitrogens with zero attached hydrogens (tertiary/aromatic N) is 4. The number of rotatable bonds is 6. The summed E-state index contributed by atoms with van der Waals surface area (Å²) < 4.78 is 3.90. The van der Waals surface area contributed by atoms with Crippen molar-refractivity contribution >= 4 is 5.91 Å². The molecule has 3 rings (SSSR count). The molecule has 6 heteroatoms. The number of hydrogen-bond acceptors (Lipinski definition) is 3. The van der Waals surface area contributed by atoms with Crippen molar-refractivity contribution in [2.24, 2.45) is 7.05 Å². The first-order valence-corrected chi connectivity index (χ1v) is 8.81. The Balaban J connectivity index is 1.63. The van der Waals surface area contributed by atoms with Crippen molar-refractivity contribution in [2.75, 3.05) is 0 Å². The molecule has 0 aliphatic heterocycles. The van der Waals surface area contributed by atoms with Crippen molar-refractivity contribution < 1.29 is 4.79 Å². The van der Waals surface area contributed by atoms with Crippen molar-refractivity contribution in [3.8, 4) is 5.69 Å². The Morgan fingerprint density at radius 2 is 1.96 bits per heavy atom. The second kappa shape index (κ2) is 7.56. The highest BCUT2D eigenvalue weighted by atomic mass is 16.1. The maximum Gasteiger partial charge on any atom is 0.220 e. The molecule has 0 bridgehead atoms. The van der Waals surface area contributed by atoms with Crippen molar-refractivity contribution in [2.45, 2.75) is 40.2 Å². The molecule has 0 spiro atoms. The molecule has 6 nitrogen and oxygen atoms in total. The molecule has 1 N–H and O–H groups in total. The van der Waals surface area contributed by atoms with E-state index >= 15 is 0 Å². The van der Waals surface area contributed by atoms with Gasteiger partial charge < -0.3 is 9.88 Å². The monoisotopic (exact) mass is 351 g/mol. The lowest BCUT2D eigenvalue weighted by Crippen LogP contribution is -2.24. The Hall–Kier alpha value is -2.89. The summed E-state index contributed by atoms with van der Waals surface area (Å²) in [5, 5.41) is 7.44. The Morgan fingerprint density at radius 3 is 2.62 bits per heavy atom. The van der Waals surface area contributed by atoms with E-state index in [1.807, 2.05) is 67.5 Å². The maximum atomic E-state index is 12.3. The summed E-state index contributed by atoms with van der Waals surface area (Å²) in [5.41, 5.74) is 5.39. The molecular weight excluding hydrogens is 326 g/mol. The summed E-state index contributed by atoms with van der Waals surface area (Å²) in [7, 11) is 1.93. The number of aryl methyl sites for hydroxylation is 3. The predicted octanol–water partition coefficient (Wildman–Crippen LogP) is 2.78. The molecule has 2 aromatic heterocycles. The van der Waals surface area contributed by atoms with Gasteiger partial charge in [0.25, 0.3) is 0 Å². The van der Waals surface area contributed by atoms with Crippen LogP contribution in [0.25, 0.3) is 5.69 Å². The molecule has 0 aliphatic rings. The predicted molar refractivity (Wildman–Crippen MR) is 101 cm³/mol. The van der Waals surface area contributed by atoms with Crippen LogP contribution in [0.3, 0.4) is 0 Å². The summed E-state index contributed by atoms with van der Waals surface area (Å²) in [6, 6.07) is 8.05. The number of hydrogen-bond donors (Lipinski definition) is 1. The van der Waals surface area contributed by atoms with E-state index < -0.39 is 0 Å². The Labute approximate surface area is 153 Å². The van der Waals surface area contributed by atoms with Crippen molar-refractivity contribution in [3.05, 3.63) is 65.0 Å². The van der Waals surface area contributed by atoms with E-state index in [0.29, 0.717) is 19.4 Å². The molecule has 0 radical (unpaired) electrons. The fourth-order valence-corrected chi connectivity index (χ4v) is 3.23. The minimum atomic E-state index is 0.0461. The van der Waals surface area contributed by atoms with Crippen molar-refractivity contribution in [1.29, 1.82) is 0 Å². The molecule has 2 heterocycles. The van der Waals surface area contributed by atoms with Crippen LogP contribution < -0.4 is 5.32 Å². The van der Waals surface area contributed by atoms with E-state index in [0.717, 1.165) is 34.0 Å². The van der Waals surface area contributed by atoms with E-state index in [1.54, 1.807) is 6.20 Å². The van der Waals surface area contributed by atoms with Gasteiger partial charge in [0, 0.05) is 38.1 Å². The second-order valence-corrected chi connectivity index (χ2v) is 6.52. The number of imidazole rings is 1. The summed E-state index contributed by atoms with van der Waals surface area (Å²) in [6.45, 7) is 6.49. The van der Waals surface area contributed by atoms with Crippen LogP contribution in [0.5, 0.6) is 0 Å². The van der Waals surface area contributed by atoms with Gasteiger partial charge in [-0.15, -0.1) is 0 Å². The third-order valence-corrected chi connectivity index (χ3v) is 4.81. The average Bonchev–Trinajstić information content (AvgIpc) is 3.15. The van der Waals surface area contributed by atoms with Crippen LogP contribution >= 0.6 is 0 Å². The number of aromatic nitrogens is 4. The fraction of sp³-hybridized carbons (Fsp3) is 0.350. The summed E-state index contributed by atoms with van der Waals surface area (Å²) in [5.74, 6) is 0.969. The molecule has 0 atom stereocenters. The fourth-order valence-electron chi connectivity index (χ4n) is 3.23. The standard InChI is InChI=1S/C20H25N5O/c1-14-18(15(2)24(4)23-14)9-10-20(26)22-13-17-7-5-6-8-19(17)25-12-11-21-16(25)3/h5-8,11-12H,9-10,13H2,1-4H3,(H,22,26). The number of carbonyl (C=O) groups excluding carboxylic acids is 1. The highest BCUT2D eigenvalue weighted by molar-refractivity contribution is 5.76. The number of nitrogens with one attached hydrogen (secondary N) is 1. The van der Waals surface area contributed by atoms with Gasteiger partial charge >= 0.3 is 0 Å². The Bertz CT molecular complexity index is 922. The van der Waals surface area contributed by atoms with Gasteiger partial charge in [-0.3, -0.25) is 9.48 Å². The SMILES string of the molecule is Cc1nn(C)c(C)c1CCC(=O)NCc1ccccc1-n1ccnc1C. The summed E-state index contributed by atoms with van der Waals surface area (Å²) in [4.78, 5) is 16.6. The van der Waals surface area contributed by atoms with Crippen LogP contribution in [0, 0.1) is 20.8 Å².